The maximum Gasteiger partial charge on any atom is 0.282 e. The fourth-order valence-electron chi connectivity index (χ4n) is 3.36. The summed E-state index contributed by atoms with van der Waals surface area (Å²) in [4.78, 5) is 13.9. The van der Waals surface area contributed by atoms with Crippen molar-refractivity contribution < 1.29 is 14.4 Å². The van der Waals surface area contributed by atoms with Gasteiger partial charge in [-0.2, -0.15) is 0 Å². The smallest absolute Gasteiger partial charge is 0.282 e. The monoisotopic (exact) mass is 291 g/mol. The zero-order chi connectivity index (χ0) is 15.4. The molecule has 21 heavy (non-hydrogen) atoms. The van der Waals surface area contributed by atoms with Crippen molar-refractivity contribution in [2.75, 3.05) is 25.5 Å². The van der Waals surface area contributed by atoms with Crippen LogP contribution < -0.4 is 15.0 Å². The maximum atomic E-state index is 12.5. The fraction of sp³-hybridized carbons (Fsp3) is 0.588. The lowest BCUT2D eigenvalue weighted by Gasteiger charge is -2.35. The second kappa shape index (κ2) is 6.94. The first-order valence-electron chi connectivity index (χ1n) is 7.79. The van der Waals surface area contributed by atoms with Gasteiger partial charge in [0, 0.05) is 11.8 Å². The van der Waals surface area contributed by atoms with Gasteiger partial charge in [0.1, 0.15) is 5.75 Å². The Morgan fingerprint density at radius 1 is 1.29 bits per heavy atom. The number of hydrogen-bond donors (Lipinski definition) is 2. The number of amides is 1. The predicted molar refractivity (Wildman–Crippen MR) is 84.7 cm³/mol. The Kier molecular flexibility index (Phi) is 5.23. The molecule has 1 aliphatic heterocycles. The Morgan fingerprint density at radius 2 is 1.90 bits per heavy atom. The summed E-state index contributed by atoms with van der Waals surface area (Å²) >= 11 is 0. The molecular weight excluding hydrogens is 264 g/mol. The van der Waals surface area contributed by atoms with Crippen molar-refractivity contribution >= 4 is 11.6 Å². The van der Waals surface area contributed by atoms with Gasteiger partial charge in [-0.3, -0.25) is 4.79 Å². The van der Waals surface area contributed by atoms with Crippen molar-refractivity contribution in [3.05, 3.63) is 24.3 Å². The lowest BCUT2D eigenvalue weighted by Crippen LogP contribution is -3.18. The zero-order valence-electron chi connectivity index (χ0n) is 13.5. The molecule has 0 bridgehead atoms. The molecule has 2 N–H and O–H groups in total. The molecule has 0 radical (unpaired) electrons. The SMILES string of the molecule is COc1ccccc1NC(=O)[C@H](C)[NH+]1C[C@@H](C)C[C@H](C)C1. The highest BCUT2D eigenvalue weighted by Gasteiger charge is 2.32. The number of quaternary nitrogens is 1. The average Bonchev–Trinajstić information content (AvgIpc) is 2.46. The van der Waals surface area contributed by atoms with E-state index in [1.165, 1.54) is 11.3 Å². The largest absolute Gasteiger partial charge is 0.495 e. The number of benzene rings is 1. The summed E-state index contributed by atoms with van der Waals surface area (Å²) < 4.78 is 5.28. The van der Waals surface area contributed by atoms with Gasteiger partial charge in [0.25, 0.3) is 5.91 Å². The van der Waals surface area contributed by atoms with Gasteiger partial charge in [0.2, 0.25) is 0 Å². The Morgan fingerprint density at radius 3 is 2.52 bits per heavy atom. The van der Waals surface area contributed by atoms with Crippen LogP contribution in [0.1, 0.15) is 27.2 Å². The van der Waals surface area contributed by atoms with E-state index in [0.717, 1.165) is 18.8 Å². The summed E-state index contributed by atoms with van der Waals surface area (Å²) in [5.41, 5.74) is 0.745. The minimum absolute atomic E-state index is 0.0416. The van der Waals surface area contributed by atoms with E-state index < -0.39 is 0 Å². The fourth-order valence-corrected chi connectivity index (χ4v) is 3.36. The standard InChI is InChI=1S/C17H26N2O2/c1-12-9-13(2)11-19(10-12)14(3)17(20)18-15-7-5-6-8-16(15)21-4/h5-8,12-14H,9-11H2,1-4H3,(H,18,20)/p+1/t12-,13-,14-/m0/s1. The Labute approximate surface area is 127 Å². The van der Waals surface area contributed by atoms with Crippen molar-refractivity contribution in [3.63, 3.8) is 0 Å². The molecule has 0 spiro atoms. The van der Waals surface area contributed by atoms with Gasteiger partial charge in [-0.1, -0.05) is 26.0 Å². The molecule has 1 fully saturated rings. The lowest BCUT2D eigenvalue weighted by molar-refractivity contribution is -0.925. The van der Waals surface area contributed by atoms with Crippen LogP contribution in [0.5, 0.6) is 5.75 Å². The van der Waals surface area contributed by atoms with Crippen LogP contribution >= 0.6 is 0 Å². The highest BCUT2D eigenvalue weighted by Crippen LogP contribution is 2.23. The first kappa shape index (κ1) is 15.8. The van der Waals surface area contributed by atoms with Crippen molar-refractivity contribution in [2.24, 2.45) is 11.8 Å². The van der Waals surface area contributed by atoms with Gasteiger partial charge in [-0.15, -0.1) is 0 Å². The molecular formula is C17H27N2O2+. The number of rotatable bonds is 4. The van der Waals surface area contributed by atoms with Crippen molar-refractivity contribution in [2.45, 2.75) is 33.2 Å². The zero-order valence-corrected chi connectivity index (χ0v) is 13.5. The van der Waals surface area contributed by atoms with E-state index in [0.29, 0.717) is 17.6 Å². The van der Waals surface area contributed by atoms with E-state index >= 15 is 0 Å². The Balaban J connectivity index is 2.02. The molecule has 0 aliphatic carbocycles. The predicted octanol–water partition coefficient (Wildman–Crippen LogP) is 1.58. The Hall–Kier alpha value is -1.55. The van der Waals surface area contributed by atoms with Crippen LogP contribution in [0.2, 0.25) is 0 Å². The van der Waals surface area contributed by atoms with Gasteiger partial charge in [0.15, 0.2) is 6.04 Å². The summed E-state index contributed by atoms with van der Waals surface area (Å²) in [6, 6.07) is 7.50. The van der Waals surface area contributed by atoms with Crippen LogP contribution in [0.3, 0.4) is 0 Å². The third-order valence-corrected chi connectivity index (χ3v) is 4.40. The molecule has 1 aromatic rings. The molecule has 1 saturated heterocycles. The molecule has 1 heterocycles. The summed E-state index contributed by atoms with van der Waals surface area (Å²) in [5.74, 6) is 2.14. The third-order valence-electron chi connectivity index (χ3n) is 4.40. The van der Waals surface area contributed by atoms with E-state index in [2.05, 4.69) is 19.2 Å². The number of ether oxygens (including phenoxy) is 1. The number of methoxy groups -OCH3 is 1. The van der Waals surface area contributed by atoms with Crippen LogP contribution in [0.25, 0.3) is 0 Å². The van der Waals surface area contributed by atoms with Crippen LogP contribution in [0.15, 0.2) is 24.3 Å². The normalized spacial score (nSPS) is 27.0. The minimum Gasteiger partial charge on any atom is -0.495 e. The van der Waals surface area contributed by atoms with E-state index in [9.17, 15) is 4.79 Å². The molecule has 2 rings (SSSR count). The number of likely N-dealkylation sites (tertiary alicyclic amines) is 1. The topological polar surface area (TPSA) is 42.8 Å². The van der Waals surface area contributed by atoms with Crippen molar-refractivity contribution in [3.8, 4) is 5.75 Å². The summed E-state index contributed by atoms with van der Waals surface area (Å²) in [6.45, 7) is 8.72. The number of hydrogen-bond acceptors (Lipinski definition) is 2. The molecule has 4 nitrogen and oxygen atoms in total. The van der Waals surface area contributed by atoms with Crippen LogP contribution in [-0.2, 0) is 4.79 Å². The maximum absolute atomic E-state index is 12.5. The molecule has 3 atom stereocenters. The van der Waals surface area contributed by atoms with Gasteiger partial charge in [-0.25, -0.2) is 0 Å². The first-order valence-corrected chi connectivity index (χ1v) is 7.79. The van der Waals surface area contributed by atoms with Crippen molar-refractivity contribution in [1.82, 2.24) is 0 Å². The van der Waals surface area contributed by atoms with E-state index in [-0.39, 0.29) is 11.9 Å². The van der Waals surface area contributed by atoms with Gasteiger partial charge in [-0.05, 0) is 25.5 Å². The summed E-state index contributed by atoms with van der Waals surface area (Å²) in [7, 11) is 1.62. The molecule has 1 aliphatic rings. The summed E-state index contributed by atoms with van der Waals surface area (Å²) in [6.07, 6.45) is 1.27. The first-order chi connectivity index (χ1) is 10.0. The molecule has 0 unspecified atom stereocenters. The molecule has 0 saturated carbocycles. The quantitative estimate of drug-likeness (QED) is 0.884. The number of nitrogens with one attached hydrogen (secondary N) is 2. The molecule has 1 aromatic carbocycles. The molecule has 0 aromatic heterocycles. The van der Waals surface area contributed by atoms with Crippen LogP contribution in [0, 0.1) is 11.8 Å². The summed E-state index contributed by atoms with van der Waals surface area (Å²) in [5, 5.41) is 3.00. The molecule has 116 valence electrons. The number of anilines is 1. The highest BCUT2D eigenvalue weighted by molar-refractivity contribution is 5.94. The second-order valence-corrected chi connectivity index (χ2v) is 6.42. The van der Waals surface area contributed by atoms with Gasteiger partial charge < -0.3 is 15.0 Å². The number of piperidine rings is 1. The highest BCUT2D eigenvalue weighted by atomic mass is 16.5. The van der Waals surface area contributed by atoms with Gasteiger partial charge in [0.05, 0.1) is 25.9 Å². The van der Waals surface area contributed by atoms with Crippen molar-refractivity contribution in [1.29, 1.82) is 0 Å². The van der Waals surface area contributed by atoms with Crippen LogP contribution in [0.4, 0.5) is 5.69 Å². The minimum atomic E-state index is -0.0416. The average molecular weight is 291 g/mol. The van der Waals surface area contributed by atoms with Gasteiger partial charge >= 0.3 is 0 Å². The van der Waals surface area contributed by atoms with E-state index in [1.54, 1.807) is 7.11 Å². The number of para-hydroxylation sites is 2. The number of carbonyl (C=O) groups excluding carboxylic acids is 1. The Bertz CT molecular complexity index is 479. The number of carbonyl (C=O) groups is 1. The third kappa shape index (κ3) is 3.97. The second-order valence-electron chi connectivity index (χ2n) is 6.42. The van der Waals surface area contributed by atoms with Crippen LogP contribution in [-0.4, -0.2) is 32.1 Å². The molecule has 1 amide bonds. The molecule has 4 heteroatoms. The lowest BCUT2D eigenvalue weighted by atomic mass is 9.91. The van der Waals surface area contributed by atoms with E-state index in [4.69, 9.17) is 4.74 Å². The van der Waals surface area contributed by atoms with E-state index in [1.807, 2.05) is 31.2 Å².